The van der Waals surface area contributed by atoms with Crippen molar-refractivity contribution in [2.24, 2.45) is 10.8 Å². The van der Waals surface area contributed by atoms with Crippen LogP contribution in [0, 0.1) is 10.8 Å². The van der Waals surface area contributed by atoms with Crippen LogP contribution in [0.4, 0.5) is 0 Å². The predicted molar refractivity (Wildman–Crippen MR) is 127 cm³/mol. The lowest BCUT2D eigenvalue weighted by molar-refractivity contribution is -0.165. The highest BCUT2D eigenvalue weighted by molar-refractivity contribution is 5.87. The Morgan fingerprint density at radius 1 is 0.879 bits per heavy atom. The molecule has 0 aliphatic rings. The Kier molecular flexibility index (Phi) is 11.7. The summed E-state index contributed by atoms with van der Waals surface area (Å²) in [7, 11) is 1.58. The van der Waals surface area contributed by atoms with E-state index in [1.54, 1.807) is 39.2 Å². The molecule has 33 heavy (non-hydrogen) atoms. The molecule has 0 N–H and O–H groups in total. The zero-order chi connectivity index (χ0) is 24.9. The molecule has 1 aromatic rings. The number of methoxy groups -OCH3 is 1. The molecule has 184 valence electrons. The average Bonchev–Trinajstić information content (AvgIpc) is 2.80. The maximum Gasteiger partial charge on any atom is 0.330 e. The molecule has 1 atom stereocenters. The van der Waals surface area contributed by atoms with Gasteiger partial charge in [0.2, 0.25) is 0 Å². The van der Waals surface area contributed by atoms with E-state index in [1.165, 1.54) is 6.08 Å². The fourth-order valence-electron chi connectivity index (χ4n) is 3.27. The minimum absolute atomic E-state index is 0.0578. The van der Waals surface area contributed by atoms with Crippen molar-refractivity contribution in [1.29, 1.82) is 0 Å². The summed E-state index contributed by atoms with van der Waals surface area (Å²) >= 11 is 0. The van der Waals surface area contributed by atoms with E-state index in [9.17, 15) is 14.4 Å². The molecule has 0 radical (unpaired) electrons. The molecule has 0 aromatic heterocycles. The molecular weight excluding hydrogens is 424 g/mol. The summed E-state index contributed by atoms with van der Waals surface area (Å²) < 4.78 is 20.9. The third-order valence-corrected chi connectivity index (χ3v) is 5.48. The maximum absolute atomic E-state index is 12.6. The number of carbonyl (C=O) groups is 3. The molecule has 7 nitrogen and oxygen atoms in total. The van der Waals surface area contributed by atoms with Crippen LogP contribution in [0.25, 0.3) is 6.08 Å². The van der Waals surface area contributed by atoms with Crippen molar-refractivity contribution in [2.45, 2.75) is 60.3 Å². The van der Waals surface area contributed by atoms with E-state index < -0.39 is 22.8 Å². The first-order valence-corrected chi connectivity index (χ1v) is 11.4. The van der Waals surface area contributed by atoms with Crippen LogP contribution >= 0.6 is 0 Å². The highest BCUT2D eigenvalue weighted by Crippen LogP contribution is 2.38. The smallest absolute Gasteiger partial charge is 0.330 e. The summed E-state index contributed by atoms with van der Waals surface area (Å²) in [5.41, 5.74) is -0.852. The number of unbranched alkanes of at least 4 members (excludes halogenated alkanes) is 1. The third kappa shape index (κ3) is 9.68. The van der Waals surface area contributed by atoms with E-state index in [-0.39, 0.29) is 19.2 Å². The fourth-order valence-corrected chi connectivity index (χ4v) is 3.27. The molecule has 0 fully saturated rings. The second-order valence-electron chi connectivity index (χ2n) is 8.87. The minimum atomic E-state index is -0.896. The first-order chi connectivity index (χ1) is 15.6. The Morgan fingerprint density at radius 3 is 2.06 bits per heavy atom. The van der Waals surface area contributed by atoms with Crippen LogP contribution in [0.3, 0.4) is 0 Å². The summed E-state index contributed by atoms with van der Waals surface area (Å²) in [6, 6.07) is 7.22. The molecule has 1 rings (SSSR count). The molecule has 0 spiro atoms. The van der Waals surface area contributed by atoms with Crippen LogP contribution in [0.5, 0.6) is 5.75 Å². The second kappa shape index (κ2) is 13.7. The summed E-state index contributed by atoms with van der Waals surface area (Å²) in [4.78, 5) is 37.0. The molecular formula is C26H38O7. The van der Waals surface area contributed by atoms with Gasteiger partial charge in [-0.1, -0.05) is 32.4 Å². The molecule has 0 saturated heterocycles. The lowest BCUT2D eigenvalue weighted by Crippen LogP contribution is -2.39. The fraction of sp³-hybridized carbons (Fsp3) is 0.577. The largest absolute Gasteiger partial charge is 0.497 e. The van der Waals surface area contributed by atoms with Gasteiger partial charge < -0.3 is 18.9 Å². The normalized spacial score (nSPS) is 13.3. The van der Waals surface area contributed by atoms with Crippen molar-refractivity contribution < 1.29 is 33.3 Å². The van der Waals surface area contributed by atoms with Gasteiger partial charge in [0.05, 0.1) is 24.5 Å². The van der Waals surface area contributed by atoms with Crippen LogP contribution in [-0.2, 0) is 28.6 Å². The quantitative estimate of drug-likeness (QED) is 0.167. The van der Waals surface area contributed by atoms with Gasteiger partial charge in [-0.25, -0.2) is 4.79 Å². The summed E-state index contributed by atoms with van der Waals surface area (Å²) in [6.07, 6.45) is 5.53. The van der Waals surface area contributed by atoms with Crippen molar-refractivity contribution in [3.8, 4) is 5.75 Å². The van der Waals surface area contributed by atoms with E-state index in [0.717, 1.165) is 24.2 Å². The van der Waals surface area contributed by atoms with Crippen molar-refractivity contribution >= 4 is 24.0 Å². The van der Waals surface area contributed by atoms with Crippen LogP contribution in [0.1, 0.15) is 65.9 Å². The summed E-state index contributed by atoms with van der Waals surface area (Å²) in [6.45, 7) is 9.49. The highest BCUT2D eigenvalue weighted by Gasteiger charge is 2.42. The second-order valence-corrected chi connectivity index (χ2v) is 8.87. The van der Waals surface area contributed by atoms with Gasteiger partial charge in [0.15, 0.2) is 0 Å². The van der Waals surface area contributed by atoms with Gasteiger partial charge >= 0.3 is 17.9 Å². The lowest BCUT2D eigenvalue weighted by Gasteiger charge is -2.33. The van der Waals surface area contributed by atoms with Crippen molar-refractivity contribution in [3.63, 3.8) is 0 Å². The van der Waals surface area contributed by atoms with E-state index in [4.69, 9.17) is 18.9 Å². The van der Waals surface area contributed by atoms with Gasteiger partial charge in [0, 0.05) is 6.08 Å². The maximum atomic E-state index is 12.6. The van der Waals surface area contributed by atoms with Gasteiger partial charge in [-0.15, -0.1) is 0 Å². The van der Waals surface area contributed by atoms with Gasteiger partial charge in [0.25, 0.3) is 0 Å². The number of rotatable bonds is 14. The molecule has 0 aliphatic carbocycles. The van der Waals surface area contributed by atoms with Gasteiger partial charge in [-0.3, -0.25) is 9.59 Å². The number of hydrogen-bond donors (Lipinski definition) is 0. The van der Waals surface area contributed by atoms with Gasteiger partial charge in [-0.2, -0.15) is 0 Å². The van der Waals surface area contributed by atoms with E-state index in [2.05, 4.69) is 0 Å². The Hall–Kier alpha value is -2.83. The van der Waals surface area contributed by atoms with E-state index in [1.807, 2.05) is 32.9 Å². The molecule has 0 saturated carbocycles. The Morgan fingerprint density at radius 2 is 1.48 bits per heavy atom. The molecule has 1 unspecified atom stereocenters. The molecule has 0 aliphatic heterocycles. The minimum Gasteiger partial charge on any atom is -0.497 e. The monoisotopic (exact) mass is 462 g/mol. The summed E-state index contributed by atoms with van der Waals surface area (Å²) in [5, 5.41) is 0. The number of carbonyl (C=O) groups excluding carboxylic acids is 3. The van der Waals surface area contributed by atoms with Gasteiger partial charge in [-0.05, 0) is 63.8 Å². The summed E-state index contributed by atoms with van der Waals surface area (Å²) in [5.74, 6) is -0.549. The lowest BCUT2D eigenvalue weighted by atomic mass is 9.72. The van der Waals surface area contributed by atoms with Crippen molar-refractivity contribution in [2.75, 3.05) is 26.9 Å². The topological polar surface area (TPSA) is 88.1 Å². The van der Waals surface area contributed by atoms with Crippen LogP contribution in [0.2, 0.25) is 0 Å². The number of esters is 3. The van der Waals surface area contributed by atoms with Crippen LogP contribution in [0.15, 0.2) is 30.3 Å². The van der Waals surface area contributed by atoms with E-state index >= 15 is 0 Å². The van der Waals surface area contributed by atoms with Crippen LogP contribution < -0.4 is 4.74 Å². The molecule has 1 aromatic carbocycles. The SMILES string of the molecule is CCCCOC(=O)C(C)(CC)CC(C)(C)C(=O)OCCOC(=O)/C=C/c1ccc(OC)cc1. The first kappa shape index (κ1) is 28.2. The first-order valence-electron chi connectivity index (χ1n) is 11.4. The number of benzene rings is 1. The van der Waals surface area contributed by atoms with Crippen molar-refractivity contribution in [3.05, 3.63) is 35.9 Å². The average molecular weight is 463 g/mol. The molecule has 0 heterocycles. The van der Waals surface area contributed by atoms with E-state index in [0.29, 0.717) is 19.4 Å². The molecule has 7 heteroatoms. The Labute approximate surface area is 197 Å². The molecule has 0 amide bonds. The van der Waals surface area contributed by atoms with Crippen LogP contribution in [-0.4, -0.2) is 44.8 Å². The predicted octanol–water partition coefficient (Wildman–Crippen LogP) is 4.97. The zero-order valence-electron chi connectivity index (χ0n) is 20.8. The highest BCUT2D eigenvalue weighted by atomic mass is 16.6. The number of hydrogen-bond acceptors (Lipinski definition) is 7. The zero-order valence-corrected chi connectivity index (χ0v) is 20.8. The van der Waals surface area contributed by atoms with Gasteiger partial charge in [0.1, 0.15) is 19.0 Å². The standard InChI is InChI=1S/C26H38O7/c1-7-9-16-32-24(29)26(5,8-2)19-25(3,4)23(28)33-18-17-31-22(27)15-12-20-10-13-21(30-6)14-11-20/h10-15H,7-9,16-19H2,1-6H3/b15-12+. The number of ether oxygens (including phenoxy) is 4. The Bertz CT molecular complexity index is 795. The third-order valence-electron chi connectivity index (χ3n) is 5.48. The Balaban J connectivity index is 2.48. The molecule has 0 bridgehead atoms. The van der Waals surface area contributed by atoms with Crippen molar-refractivity contribution in [1.82, 2.24) is 0 Å².